The second-order valence-electron chi connectivity index (χ2n) is 3.90. The molecule has 0 amide bonds. The maximum Gasteiger partial charge on any atom is 0.401 e. The average molecular weight is 277 g/mol. The maximum absolute atomic E-state index is 11.8. The lowest BCUT2D eigenvalue weighted by Gasteiger charge is -2.12. The molecule has 0 aliphatic carbocycles. The van der Waals surface area contributed by atoms with Crippen molar-refractivity contribution in [3.05, 3.63) is 30.3 Å². The zero-order chi connectivity index (χ0) is 13.4. The molecular weight excluding hydrogens is 261 g/mol. The molecule has 0 bridgehead atoms. The Morgan fingerprint density at radius 1 is 1.22 bits per heavy atom. The van der Waals surface area contributed by atoms with E-state index in [1.807, 2.05) is 30.3 Å². The first-order valence-electron chi connectivity index (χ1n) is 5.64. The van der Waals surface area contributed by atoms with Gasteiger partial charge in [0, 0.05) is 16.7 Å². The van der Waals surface area contributed by atoms with Crippen LogP contribution in [0.25, 0.3) is 0 Å². The van der Waals surface area contributed by atoms with Gasteiger partial charge < -0.3 is 5.32 Å². The third-order valence-electron chi connectivity index (χ3n) is 2.19. The lowest BCUT2D eigenvalue weighted by atomic mass is 10.2. The van der Waals surface area contributed by atoms with E-state index in [9.17, 15) is 13.2 Å². The Hall–Kier alpha value is -0.720. The molecule has 1 rings (SSSR count). The molecule has 6 heteroatoms. The van der Waals surface area contributed by atoms with E-state index in [1.54, 1.807) is 11.8 Å². The maximum atomic E-state index is 11.8. The minimum Gasteiger partial charge on any atom is -0.309 e. The number of hydrogen-bond acceptors (Lipinski definition) is 2. The Bertz CT molecular complexity index is 330. The van der Waals surface area contributed by atoms with Crippen molar-refractivity contribution in [1.82, 2.24) is 11.1 Å². The van der Waals surface area contributed by atoms with Gasteiger partial charge in [-0.15, -0.1) is 11.8 Å². The molecule has 0 heterocycles. The van der Waals surface area contributed by atoms with Gasteiger partial charge in [0.15, 0.2) is 0 Å². The molecule has 1 atom stereocenters. The minimum atomic E-state index is -4.17. The van der Waals surface area contributed by atoms with E-state index in [1.165, 1.54) is 0 Å². The van der Waals surface area contributed by atoms with Crippen LogP contribution in [0.4, 0.5) is 13.2 Å². The van der Waals surface area contributed by atoms with Crippen molar-refractivity contribution in [2.24, 2.45) is 0 Å². The molecule has 2 nitrogen and oxygen atoms in total. The van der Waals surface area contributed by atoms with Crippen molar-refractivity contribution in [3.8, 4) is 0 Å². The summed E-state index contributed by atoms with van der Waals surface area (Å²) in [5.41, 5.74) is 7.71. The van der Waals surface area contributed by atoms with E-state index in [0.29, 0.717) is 12.2 Å². The highest BCUT2D eigenvalue weighted by molar-refractivity contribution is 7.99. The first-order chi connectivity index (χ1) is 8.47. The fraction of sp³-hybridized carbons (Fsp3) is 0.500. The summed E-state index contributed by atoms with van der Waals surface area (Å²) in [5.74, 6) is 0.595. The summed E-state index contributed by atoms with van der Waals surface area (Å²) >= 11 is 1.55. The average Bonchev–Trinajstić information content (AvgIpc) is 2.32. The lowest BCUT2D eigenvalue weighted by Crippen LogP contribution is -2.31. The molecule has 0 saturated carbocycles. The summed E-state index contributed by atoms with van der Waals surface area (Å²) in [6, 6.07) is 9.33. The largest absolute Gasteiger partial charge is 0.401 e. The first kappa shape index (κ1) is 15.3. The number of alkyl halides is 3. The monoisotopic (exact) mass is 277 g/mol. The number of hydrogen-bond donors (Lipinski definition) is 1. The SMILES string of the molecule is [NH][C@H](CCNCC(F)(F)F)CSc1ccccc1. The summed E-state index contributed by atoms with van der Waals surface area (Å²) in [6.45, 7) is -0.755. The molecule has 1 aromatic carbocycles. The molecule has 18 heavy (non-hydrogen) atoms. The second kappa shape index (κ2) is 7.66. The van der Waals surface area contributed by atoms with E-state index in [4.69, 9.17) is 5.73 Å². The molecule has 101 valence electrons. The predicted octanol–water partition coefficient (Wildman–Crippen LogP) is 2.97. The summed E-state index contributed by atoms with van der Waals surface area (Å²) < 4.78 is 35.5. The molecule has 2 N–H and O–H groups in total. The minimum absolute atomic E-state index is 0.225. The highest BCUT2D eigenvalue weighted by Gasteiger charge is 2.25. The van der Waals surface area contributed by atoms with E-state index >= 15 is 0 Å². The molecule has 0 saturated heterocycles. The van der Waals surface area contributed by atoms with Gasteiger partial charge in [-0.2, -0.15) is 13.2 Å². The number of nitrogens with one attached hydrogen (secondary N) is 2. The van der Waals surface area contributed by atoms with Crippen LogP contribution in [0, 0.1) is 0 Å². The van der Waals surface area contributed by atoms with Crippen LogP contribution in [0.5, 0.6) is 0 Å². The predicted molar refractivity (Wildman–Crippen MR) is 67.6 cm³/mol. The van der Waals surface area contributed by atoms with Crippen LogP contribution in [0.1, 0.15) is 6.42 Å². The van der Waals surface area contributed by atoms with Crippen molar-refractivity contribution in [1.29, 1.82) is 0 Å². The fourth-order valence-corrected chi connectivity index (χ4v) is 2.21. The first-order valence-corrected chi connectivity index (χ1v) is 6.62. The van der Waals surface area contributed by atoms with E-state index < -0.39 is 12.7 Å². The summed E-state index contributed by atoms with van der Waals surface area (Å²) in [6.07, 6.45) is -3.74. The fourth-order valence-electron chi connectivity index (χ4n) is 1.30. The van der Waals surface area contributed by atoms with E-state index in [-0.39, 0.29) is 12.6 Å². The molecule has 0 aliphatic heterocycles. The lowest BCUT2D eigenvalue weighted by molar-refractivity contribution is -0.124. The topological polar surface area (TPSA) is 35.8 Å². The van der Waals surface area contributed by atoms with Crippen molar-refractivity contribution < 1.29 is 13.2 Å². The quantitative estimate of drug-likeness (QED) is 0.614. The molecule has 0 aliphatic rings. The van der Waals surface area contributed by atoms with Gasteiger partial charge >= 0.3 is 6.18 Å². The number of benzene rings is 1. The van der Waals surface area contributed by atoms with Crippen LogP contribution in [0.3, 0.4) is 0 Å². The van der Waals surface area contributed by atoms with Crippen LogP contribution >= 0.6 is 11.8 Å². The molecule has 0 spiro atoms. The van der Waals surface area contributed by atoms with Gasteiger partial charge in [-0.05, 0) is 25.1 Å². The van der Waals surface area contributed by atoms with Gasteiger partial charge in [0.25, 0.3) is 0 Å². The Balaban J connectivity index is 2.09. The van der Waals surface area contributed by atoms with E-state index in [0.717, 1.165) is 4.90 Å². The zero-order valence-corrected chi connectivity index (χ0v) is 10.7. The van der Waals surface area contributed by atoms with Crippen molar-refractivity contribution in [2.75, 3.05) is 18.8 Å². The number of rotatable bonds is 7. The highest BCUT2D eigenvalue weighted by Crippen LogP contribution is 2.18. The Kier molecular flexibility index (Phi) is 6.52. The Morgan fingerprint density at radius 2 is 1.89 bits per heavy atom. The van der Waals surface area contributed by atoms with Gasteiger partial charge in [-0.1, -0.05) is 18.2 Å². The summed E-state index contributed by atoms with van der Waals surface area (Å²) in [5, 5.41) is 2.30. The van der Waals surface area contributed by atoms with Crippen LogP contribution < -0.4 is 11.1 Å². The highest BCUT2D eigenvalue weighted by atomic mass is 32.2. The number of thioether (sulfide) groups is 1. The molecule has 1 radical (unpaired) electrons. The Labute approximate surface area is 109 Å². The summed E-state index contributed by atoms with van der Waals surface area (Å²) in [4.78, 5) is 1.08. The van der Waals surface area contributed by atoms with E-state index in [2.05, 4.69) is 5.32 Å². The molecule has 0 unspecified atom stereocenters. The normalized spacial score (nSPS) is 13.6. The van der Waals surface area contributed by atoms with Crippen molar-refractivity contribution in [2.45, 2.75) is 23.5 Å². The Morgan fingerprint density at radius 3 is 2.50 bits per heavy atom. The molecule has 0 fully saturated rings. The molecule has 0 aromatic heterocycles. The van der Waals surface area contributed by atoms with Gasteiger partial charge in [0.1, 0.15) is 0 Å². The molecule has 1 aromatic rings. The van der Waals surface area contributed by atoms with Gasteiger partial charge in [0.05, 0.1) is 6.54 Å². The van der Waals surface area contributed by atoms with Crippen molar-refractivity contribution >= 4 is 11.8 Å². The van der Waals surface area contributed by atoms with Gasteiger partial charge in [-0.3, -0.25) is 5.73 Å². The van der Waals surface area contributed by atoms with Gasteiger partial charge in [0.2, 0.25) is 0 Å². The molecular formula is C12H16F3N2S. The summed E-state index contributed by atoms with van der Waals surface area (Å²) in [7, 11) is 0. The second-order valence-corrected chi connectivity index (χ2v) is 5.00. The third kappa shape index (κ3) is 7.58. The van der Waals surface area contributed by atoms with Crippen LogP contribution in [-0.4, -0.2) is 31.1 Å². The third-order valence-corrected chi connectivity index (χ3v) is 3.36. The standard InChI is InChI=1S/C12H16F3N2S/c13-12(14,15)9-17-7-6-10(16)8-18-11-4-2-1-3-5-11/h1-5,10,16-17H,6-9H2/t10-/m1/s1. The van der Waals surface area contributed by atoms with Gasteiger partial charge in [-0.25, -0.2) is 0 Å². The van der Waals surface area contributed by atoms with Crippen LogP contribution in [0.2, 0.25) is 0 Å². The van der Waals surface area contributed by atoms with Crippen LogP contribution in [-0.2, 0) is 0 Å². The smallest absolute Gasteiger partial charge is 0.309 e. The van der Waals surface area contributed by atoms with Crippen LogP contribution in [0.15, 0.2) is 35.2 Å². The zero-order valence-electron chi connectivity index (χ0n) is 9.83. The number of halogens is 3. The van der Waals surface area contributed by atoms with Crippen molar-refractivity contribution in [3.63, 3.8) is 0 Å².